The van der Waals surface area contributed by atoms with Crippen molar-refractivity contribution < 1.29 is 23.7 Å². The van der Waals surface area contributed by atoms with Crippen molar-refractivity contribution in [3.63, 3.8) is 0 Å². The number of carbonyl (C=O) groups is 2. The highest BCUT2D eigenvalue weighted by Gasteiger charge is 2.20. The van der Waals surface area contributed by atoms with Crippen LogP contribution in [0.2, 0.25) is 5.02 Å². The number of halogens is 1. The molecule has 1 N–H and O–H groups in total. The van der Waals surface area contributed by atoms with Crippen LogP contribution >= 0.6 is 11.6 Å². The molecule has 0 bridgehead atoms. The smallest absolute Gasteiger partial charge is 0.307 e. The van der Waals surface area contributed by atoms with E-state index in [-0.39, 0.29) is 22.8 Å². The highest BCUT2D eigenvalue weighted by atomic mass is 35.5. The number of furan rings is 1. The van der Waals surface area contributed by atoms with E-state index in [1.807, 2.05) is 0 Å². The molecule has 2 rings (SSSR count). The molecule has 0 saturated carbocycles. The first-order valence-electron chi connectivity index (χ1n) is 7.33. The number of ether oxygens (including phenoxy) is 1. The van der Waals surface area contributed by atoms with Crippen LogP contribution in [-0.4, -0.2) is 22.9 Å². The zero-order chi connectivity index (χ0) is 18.4. The largest absolute Gasteiger partial charge is 0.469 e. The van der Waals surface area contributed by atoms with Crippen LogP contribution in [0.25, 0.3) is 0 Å². The number of anilines is 1. The van der Waals surface area contributed by atoms with Crippen LogP contribution in [0.3, 0.4) is 0 Å². The second-order valence-electron chi connectivity index (χ2n) is 5.12. The molecule has 1 heterocycles. The van der Waals surface area contributed by atoms with Crippen molar-refractivity contribution >= 4 is 34.9 Å². The van der Waals surface area contributed by atoms with Crippen molar-refractivity contribution in [2.75, 3.05) is 5.32 Å². The van der Waals surface area contributed by atoms with Gasteiger partial charge in [-0.2, -0.15) is 0 Å². The minimum Gasteiger partial charge on any atom is -0.469 e. The molecule has 0 aliphatic rings. The topological polar surface area (TPSA) is 112 Å². The fourth-order valence-corrected chi connectivity index (χ4v) is 2.17. The average molecular weight is 367 g/mol. The number of hydrogen-bond acceptors (Lipinski definition) is 6. The van der Waals surface area contributed by atoms with Gasteiger partial charge in [-0.3, -0.25) is 19.7 Å². The zero-order valence-electron chi connectivity index (χ0n) is 13.2. The number of esters is 1. The van der Waals surface area contributed by atoms with Crippen molar-refractivity contribution in [1.29, 1.82) is 0 Å². The third-order valence-corrected chi connectivity index (χ3v) is 3.57. The van der Waals surface area contributed by atoms with Crippen LogP contribution in [0.4, 0.5) is 11.4 Å². The van der Waals surface area contributed by atoms with Crippen molar-refractivity contribution in [3.05, 3.63) is 57.5 Å². The van der Waals surface area contributed by atoms with Crippen molar-refractivity contribution in [2.24, 2.45) is 0 Å². The Labute approximate surface area is 147 Å². The van der Waals surface area contributed by atoms with Crippen LogP contribution in [0.1, 0.15) is 19.1 Å². The highest BCUT2D eigenvalue weighted by Crippen LogP contribution is 2.26. The number of non-ortho nitro benzene ring substituents is 1. The van der Waals surface area contributed by atoms with Gasteiger partial charge in [-0.25, -0.2) is 0 Å². The molecule has 0 fully saturated rings. The van der Waals surface area contributed by atoms with Gasteiger partial charge in [0.1, 0.15) is 5.76 Å². The van der Waals surface area contributed by atoms with Gasteiger partial charge >= 0.3 is 5.97 Å². The molecular formula is C16H15ClN2O6. The maximum Gasteiger partial charge on any atom is 0.307 e. The van der Waals surface area contributed by atoms with E-state index < -0.39 is 22.9 Å². The van der Waals surface area contributed by atoms with Gasteiger partial charge in [0.05, 0.1) is 28.3 Å². The Morgan fingerprint density at radius 1 is 1.40 bits per heavy atom. The molecule has 132 valence electrons. The third-order valence-electron chi connectivity index (χ3n) is 3.25. The van der Waals surface area contributed by atoms with Crippen LogP contribution in [0.15, 0.2) is 41.0 Å². The van der Waals surface area contributed by atoms with E-state index in [1.165, 1.54) is 25.3 Å². The molecular weight excluding hydrogens is 352 g/mol. The van der Waals surface area contributed by atoms with Gasteiger partial charge in [0.15, 0.2) is 6.10 Å². The van der Waals surface area contributed by atoms with Gasteiger partial charge in [-0.05, 0) is 25.1 Å². The molecule has 8 nitrogen and oxygen atoms in total. The Balaban J connectivity index is 1.87. The predicted octanol–water partition coefficient (Wildman–Crippen LogP) is 3.34. The first-order valence-corrected chi connectivity index (χ1v) is 7.71. The Hall–Kier alpha value is -2.87. The summed E-state index contributed by atoms with van der Waals surface area (Å²) in [5.41, 5.74) is -0.00356. The molecule has 0 unspecified atom stereocenters. The molecule has 1 atom stereocenters. The van der Waals surface area contributed by atoms with E-state index in [1.54, 1.807) is 12.1 Å². The molecule has 25 heavy (non-hydrogen) atoms. The van der Waals surface area contributed by atoms with Gasteiger partial charge in [-0.15, -0.1) is 0 Å². The fraction of sp³-hybridized carbons (Fsp3) is 0.250. The molecule has 1 aromatic heterocycles. The Kier molecular flexibility index (Phi) is 6.13. The lowest BCUT2D eigenvalue weighted by Gasteiger charge is -2.14. The lowest BCUT2D eigenvalue weighted by molar-refractivity contribution is -0.384. The summed E-state index contributed by atoms with van der Waals surface area (Å²) in [6, 6.07) is 7.09. The molecule has 0 saturated heterocycles. The summed E-state index contributed by atoms with van der Waals surface area (Å²) in [6.45, 7) is 1.42. The first-order chi connectivity index (χ1) is 11.9. The Bertz CT molecular complexity index is 775. The molecule has 0 radical (unpaired) electrons. The normalized spacial score (nSPS) is 11.6. The van der Waals surface area contributed by atoms with E-state index in [0.29, 0.717) is 12.2 Å². The number of benzene rings is 1. The van der Waals surface area contributed by atoms with E-state index in [0.717, 1.165) is 6.07 Å². The van der Waals surface area contributed by atoms with Crippen LogP contribution in [-0.2, 0) is 20.7 Å². The van der Waals surface area contributed by atoms with Crippen molar-refractivity contribution in [1.82, 2.24) is 0 Å². The van der Waals surface area contributed by atoms with E-state index in [4.69, 9.17) is 20.8 Å². The van der Waals surface area contributed by atoms with Gasteiger partial charge in [0.25, 0.3) is 11.6 Å². The van der Waals surface area contributed by atoms with Gasteiger partial charge in [0, 0.05) is 18.6 Å². The number of rotatable bonds is 7. The maximum atomic E-state index is 12.1. The number of carbonyl (C=O) groups excluding carboxylic acids is 2. The minimum atomic E-state index is -1.05. The summed E-state index contributed by atoms with van der Waals surface area (Å²) in [4.78, 5) is 33.9. The highest BCUT2D eigenvalue weighted by molar-refractivity contribution is 6.34. The lowest BCUT2D eigenvalue weighted by atomic mass is 10.2. The first kappa shape index (κ1) is 18.5. The van der Waals surface area contributed by atoms with Crippen LogP contribution < -0.4 is 5.32 Å². The van der Waals surface area contributed by atoms with E-state index >= 15 is 0 Å². The second-order valence-corrected chi connectivity index (χ2v) is 5.53. The minimum absolute atomic E-state index is 0.0129. The molecule has 2 aromatic rings. The van der Waals surface area contributed by atoms with Gasteiger partial charge in [-0.1, -0.05) is 11.6 Å². The molecule has 1 amide bonds. The zero-order valence-corrected chi connectivity index (χ0v) is 14.0. The Morgan fingerprint density at radius 3 is 2.76 bits per heavy atom. The number of amides is 1. The second kappa shape index (κ2) is 8.29. The maximum absolute atomic E-state index is 12.1. The summed E-state index contributed by atoms with van der Waals surface area (Å²) >= 11 is 5.90. The molecule has 0 aliphatic carbocycles. The standard InChI is InChI=1S/C16H15ClN2O6/c1-10(25-15(20)7-5-12-3-2-8-24-12)16(21)18-14-6-4-11(19(22)23)9-13(14)17/h2-4,6,8-10H,5,7H2,1H3,(H,18,21)/t10-/m0/s1. The van der Waals surface area contributed by atoms with Crippen LogP contribution in [0.5, 0.6) is 0 Å². The Morgan fingerprint density at radius 2 is 2.16 bits per heavy atom. The van der Waals surface area contributed by atoms with Crippen molar-refractivity contribution in [3.8, 4) is 0 Å². The predicted molar refractivity (Wildman–Crippen MR) is 89.3 cm³/mol. The molecule has 9 heteroatoms. The number of hydrogen-bond donors (Lipinski definition) is 1. The third kappa shape index (κ3) is 5.32. The number of nitrogens with one attached hydrogen (secondary N) is 1. The van der Waals surface area contributed by atoms with Gasteiger partial charge < -0.3 is 14.5 Å². The van der Waals surface area contributed by atoms with E-state index in [2.05, 4.69) is 5.32 Å². The summed E-state index contributed by atoms with van der Waals surface area (Å²) in [5.74, 6) is -0.498. The quantitative estimate of drug-likeness (QED) is 0.457. The number of aryl methyl sites for hydroxylation is 1. The summed E-state index contributed by atoms with van der Waals surface area (Å²) in [5, 5.41) is 13.1. The fourth-order valence-electron chi connectivity index (χ4n) is 1.94. The lowest BCUT2D eigenvalue weighted by Crippen LogP contribution is -2.30. The van der Waals surface area contributed by atoms with Crippen molar-refractivity contribution in [2.45, 2.75) is 25.9 Å². The molecule has 0 spiro atoms. The monoisotopic (exact) mass is 366 g/mol. The molecule has 0 aliphatic heterocycles. The number of nitrogens with zero attached hydrogens (tertiary/aromatic N) is 1. The average Bonchev–Trinajstić information content (AvgIpc) is 3.08. The summed E-state index contributed by atoms with van der Waals surface area (Å²) in [6.07, 6.45) is 0.901. The number of nitro benzene ring substituents is 1. The number of nitro groups is 1. The summed E-state index contributed by atoms with van der Waals surface area (Å²) < 4.78 is 10.1. The summed E-state index contributed by atoms with van der Waals surface area (Å²) in [7, 11) is 0. The van der Waals surface area contributed by atoms with Gasteiger partial charge in [0.2, 0.25) is 0 Å². The molecule has 1 aromatic carbocycles. The van der Waals surface area contributed by atoms with Crippen LogP contribution in [0, 0.1) is 10.1 Å². The van der Waals surface area contributed by atoms with E-state index in [9.17, 15) is 19.7 Å². The SMILES string of the molecule is C[C@H](OC(=O)CCc1ccco1)C(=O)Nc1ccc([N+](=O)[O-])cc1Cl.